The molecule has 0 saturated heterocycles. The van der Waals surface area contributed by atoms with E-state index in [1.807, 2.05) is 20.8 Å². The molecular weight excluding hydrogens is 264 g/mol. The Kier molecular flexibility index (Phi) is 3.71. The molecule has 0 fully saturated rings. The van der Waals surface area contributed by atoms with Gasteiger partial charge in [0, 0.05) is 17.8 Å². The highest BCUT2D eigenvalue weighted by atomic mass is 32.1. The second kappa shape index (κ2) is 5.13. The molecule has 1 N–H and O–H groups in total. The largest absolute Gasteiger partial charge is 0.481 e. The van der Waals surface area contributed by atoms with Gasteiger partial charge in [-0.3, -0.25) is 14.2 Å². The van der Waals surface area contributed by atoms with Gasteiger partial charge in [-0.15, -0.1) is 11.3 Å². The molecule has 0 aliphatic heterocycles. The summed E-state index contributed by atoms with van der Waals surface area (Å²) in [6.45, 7) is 6.27. The molecule has 6 heteroatoms. The van der Waals surface area contributed by atoms with Crippen molar-refractivity contribution in [3.05, 3.63) is 26.6 Å². The summed E-state index contributed by atoms with van der Waals surface area (Å²) in [5.41, 5.74) is 0.916. The molecule has 0 spiro atoms. The van der Waals surface area contributed by atoms with E-state index in [0.717, 1.165) is 10.4 Å². The molecule has 102 valence electrons. The predicted octanol–water partition coefficient (Wildman–Crippen LogP) is 2.11. The Bertz CT molecular complexity index is 700. The summed E-state index contributed by atoms with van der Waals surface area (Å²) >= 11 is 1.49. The molecule has 2 rings (SSSR count). The molecule has 0 aliphatic rings. The number of aliphatic carboxylic acids is 1. The van der Waals surface area contributed by atoms with Crippen molar-refractivity contribution in [2.75, 3.05) is 0 Å². The van der Waals surface area contributed by atoms with Gasteiger partial charge < -0.3 is 5.11 Å². The maximum absolute atomic E-state index is 12.4. The van der Waals surface area contributed by atoms with E-state index in [-0.39, 0.29) is 18.4 Å². The van der Waals surface area contributed by atoms with Crippen LogP contribution >= 0.6 is 11.3 Å². The first-order chi connectivity index (χ1) is 8.95. The summed E-state index contributed by atoms with van der Waals surface area (Å²) < 4.78 is 1.57. The summed E-state index contributed by atoms with van der Waals surface area (Å²) in [6, 6.07) is 0. The van der Waals surface area contributed by atoms with Crippen molar-refractivity contribution >= 4 is 27.5 Å². The Labute approximate surface area is 114 Å². The number of fused-ring (bicyclic) bond motifs is 1. The van der Waals surface area contributed by atoms with Crippen LogP contribution in [0, 0.1) is 13.8 Å². The monoisotopic (exact) mass is 280 g/mol. The quantitative estimate of drug-likeness (QED) is 0.931. The average molecular weight is 280 g/mol. The lowest BCUT2D eigenvalue weighted by molar-refractivity contribution is -0.137. The van der Waals surface area contributed by atoms with Gasteiger partial charge in [0.2, 0.25) is 0 Å². The number of nitrogens with zero attached hydrogens (tertiary/aromatic N) is 2. The molecular formula is C13H16N2O3S. The van der Waals surface area contributed by atoms with Crippen molar-refractivity contribution in [1.29, 1.82) is 0 Å². The van der Waals surface area contributed by atoms with E-state index < -0.39 is 5.97 Å². The van der Waals surface area contributed by atoms with E-state index in [1.54, 1.807) is 4.57 Å². The molecule has 0 atom stereocenters. The van der Waals surface area contributed by atoms with Crippen LogP contribution in [-0.2, 0) is 17.8 Å². The van der Waals surface area contributed by atoms with Crippen molar-refractivity contribution in [3.63, 3.8) is 0 Å². The Morgan fingerprint density at radius 1 is 1.42 bits per heavy atom. The molecule has 0 aliphatic carbocycles. The number of carboxylic acids is 1. The van der Waals surface area contributed by atoms with E-state index in [4.69, 9.17) is 5.11 Å². The second-order valence-electron chi connectivity index (χ2n) is 4.43. The fourth-order valence-electron chi connectivity index (χ4n) is 2.11. The zero-order chi connectivity index (χ0) is 14.2. The van der Waals surface area contributed by atoms with E-state index in [1.165, 1.54) is 11.3 Å². The number of aryl methyl sites for hydroxylation is 3. The van der Waals surface area contributed by atoms with Gasteiger partial charge in [-0.05, 0) is 26.3 Å². The zero-order valence-corrected chi connectivity index (χ0v) is 12.0. The third-order valence-electron chi connectivity index (χ3n) is 3.25. The van der Waals surface area contributed by atoms with Gasteiger partial charge in [-0.2, -0.15) is 0 Å². The van der Waals surface area contributed by atoms with Crippen molar-refractivity contribution < 1.29 is 9.90 Å². The Balaban J connectivity index is 2.65. The summed E-state index contributed by atoms with van der Waals surface area (Å²) in [5.74, 6) is -0.320. The standard InChI is InChI=1S/C13H16N2O3S/c1-4-15-9(5-6-10(16)17)14-12-11(13(15)18)7(2)8(3)19-12/h4-6H2,1-3H3,(H,16,17). The molecule has 0 saturated carbocycles. The minimum absolute atomic E-state index is 0.0126. The number of aromatic nitrogens is 2. The summed E-state index contributed by atoms with van der Waals surface area (Å²) in [4.78, 5) is 29.4. The summed E-state index contributed by atoms with van der Waals surface area (Å²) in [7, 11) is 0. The minimum Gasteiger partial charge on any atom is -0.481 e. The van der Waals surface area contributed by atoms with Crippen molar-refractivity contribution in [3.8, 4) is 0 Å². The van der Waals surface area contributed by atoms with Gasteiger partial charge in [0.05, 0.1) is 11.8 Å². The first-order valence-electron chi connectivity index (χ1n) is 6.16. The van der Waals surface area contributed by atoms with Crippen LogP contribution < -0.4 is 5.56 Å². The summed E-state index contributed by atoms with van der Waals surface area (Å²) in [6.07, 6.45) is 0.269. The van der Waals surface area contributed by atoms with Crippen molar-refractivity contribution in [2.45, 2.75) is 40.2 Å². The van der Waals surface area contributed by atoms with Gasteiger partial charge in [-0.25, -0.2) is 4.98 Å². The number of hydrogen-bond donors (Lipinski definition) is 1. The molecule has 0 bridgehead atoms. The van der Waals surface area contributed by atoms with E-state index in [2.05, 4.69) is 4.98 Å². The lowest BCUT2D eigenvalue weighted by Gasteiger charge is -2.09. The first kappa shape index (κ1) is 13.7. The number of carboxylic acid groups (broad SMARTS) is 1. The van der Waals surface area contributed by atoms with E-state index >= 15 is 0 Å². The molecule has 5 nitrogen and oxygen atoms in total. The van der Waals surface area contributed by atoms with Crippen molar-refractivity contribution in [1.82, 2.24) is 9.55 Å². The summed E-state index contributed by atoms with van der Waals surface area (Å²) in [5, 5.41) is 9.43. The Morgan fingerprint density at radius 3 is 2.68 bits per heavy atom. The fourth-order valence-corrected chi connectivity index (χ4v) is 3.14. The molecule has 2 heterocycles. The third kappa shape index (κ3) is 2.40. The molecule has 19 heavy (non-hydrogen) atoms. The molecule has 2 aromatic heterocycles. The fraction of sp³-hybridized carbons (Fsp3) is 0.462. The van der Waals surface area contributed by atoms with Crippen LogP contribution in [-0.4, -0.2) is 20.6 Å². The average Bonchev–Trinajstić information content (AvgIpc) is 2.62. The SMILES string of the molecule is CCn1c(CCC(=O)O)nc2sc(C)c(C)c2c1=O. The number of rotatable bonds is 4. The van der Waals surface area contributed by atoms with Gasteiger partial charge >= 0.3 is 5.97 Å². The molecule has 0 unspecified atom stereocenters. The van der Waals surface area contributed by atoms with Gasteiger partial charge in [0.1, 0.15) is 10.7 Å². The first-order valence-corrected chi connectivity index (χ1v) is 6.98. The van der Waals surface area contributed by atoms with Crippen LogP contribution in [0.2, 0.25) is 0 Å². The van der Waals surface area contributed by atoms with Gasteiger partial charge in [0.25, 0.3) is 5.56 Å². The topological polar surface area (TPSA) is 72.2 Å². The molecule has 2 aromatic rings. The van der Waals surface area contributed by atoms with Crippen LogP contribution in [0.5, 0.6) is 0 Å². The molecule has 0 amide bonds. The molecule has 0 aromatic carbocycles. The smallest absolute Gasteiger partial charge is 0.303 e. The normalized spacial score (nSPS) is 11.1. The highest BCUT2D eigenvalue weighted by molar-refractivity contribution is 7.18. The third-order valence-corrected chi connectivity index (χ3v) is 4.35. The minimum atomic E-state index is -0.879. The number of carbonyl (C=O) groups is 1. The lowest BCUT2D eigenvalue weighted by Crippen LogP contribution is -2.25. The van der Waals surface area contributed by atoms with Gasteiger partial charge in [0.15, 0.2) is 0 Å². The maximum Gasteiger partial charge on any atom is 0.303 e. The van der Waals surface area contributed by atoms with E-state index in [0.29, 0.717) is 22.6 Å². The number of hydrogen-bond acceptors (Lipinski definition) is 4. The highest BCUT2D eigenvalue weighted by Crippen LogP contribution is 2.26. The second-order valence-corrected chi connectivity index (χ2v) is 5.64. The lowest BCUT2D eigenvalue weighted by atomic mass is 10.2. The Hall–Kier alpha value is -1.69. The highest BCUT2D eigenvalue weighted by Gasteiger charge is 2.15. The van der Waals surface area contributed by atoms with Crippen LogP contribution in [0.15, 0.2) is 4.79 Å². The predicted molar refractivity (Wildman–Crippen MR) is 75.0 cm³/mol. The Morgan fingerprint density at radius 2 is 2.11 bits per heavy atom. The van der Waals surface area contributed by atoms with Crippen LogP contribution in [0.3, 0.4) is 0 Å². The molecule has 0 radical (unpaired) electrons. The van der Waals surface area contributed by atoms with Crippen LogP contribution in [0.4, 0.5) is 0 Å². The maximum atomic E-state index is 12.4. The number of thiophene rings is 1. The van der Waals surface area contributed by atoms with Crippen molar-refractivity contribution in [2.24, 2.45) is 0 Å². The van der Waals surface area contributed by atoms with Crippen LogP contribution in [0.1, 0.15) is 29.6 Å². The van der Waals surface area contributed by atoms with Gasteiger partial charge in [-0.1, -0.05) is 0 Å². The zero-order valence-electron chi connectivity index (χ0n) is 11.2. The van der Waals surface area contributed by atoms with Crippen LogP contribution in [0.25, 0.3) is 10.2 Å². The van der Waals surface area contributed by atoms with E-state index in [9.17, 15) is 9.59 Å².